The highest BCUT2D eigenvalue weighted by Crippen LogP contribution is 2.28. The van der Waals surface area contributed by atoms with E-state index in [1.54, 1.807) is 39.5 Å². The number of hydrogen-bond acceptors (Lipinski definition) is 7. The maximum Gasteiger partial charge on any atom is 0.335 e. The minimum atomic E-state index is -3.98. The number of carbonyl (C=O) groups is 1. The summed E-state index contributed by atoms with van der Waals surface area (Å²) < 4.78 is 44.5. The number of rotatable bonds is 13. The maximum absolute atomic E-state index is 13.1. The summed E-state index contributed by atoms with van der Waals surface area (Å²) in [4.78, 5) is 11.4. The van der Waals surface area contributed by atoms with Crippen LogP contribution in [0.3, 0.4) is 0 Å². The number of hydrogen-bond donors (Lipinski definition) is 3. The zero-order valence-corrected chi connectivity index (χ0v) is 21.2. The summed E-state index contributed by atoms with van der Waals surface area (Å²) in [5.74, 6) is 0.730. The van der Waals surface area contributed by atoms with Crippen molar-refractivity contribution < 1.29 is 32.5 Å². The maximum atomic E-state index is 13.1. The van der Waals surface area contributed by atoms with Gasteiger partial charge in [-0.3, -0.25) is 0 Å². The quantitative estimate of drug-likeness (QED) is 0.316. The highest BCUT2D eigenvalue weighted by molar-refractivity contribution is 7.89. The molecule has 36 heavy (non-hydrogen) atoms. The highest BCUT2D eigenvalue weighted by atomic mass is 32.2. The first-order chi connectivity index (χ1) is 17.3. The molecule has 0 radical (unpaired) electrons. The van der Waals surface area contributed by atoms with Crippen molar-refractivity contribution in [1.29, 1.82) is 0 Å². The molecular weight excluding hydrogens is 484 g/mol. The zero-order chi connectivity index (χ0) is 26.1. The molecule has 0 spiro atoms. The predicted octanol–water partition coefficient (Wildman–Crippen LogP) is 3.59. The van der Waals surface area contributed by atoms with E-state index in [2.05, 4.69) is 10.0 Å². The van der Waals surface area contributed by atoms with E-state index in [9.17, 15) is 18.3 Å². The fourth-order valence-corrected chi connectivity index (χ4v) is 4.84. The molecule has 0 aliphatic heterocycles. The molecule has 0 bridgehead atoms. The van der Waals surface area contributed by atoms with Crippen LogP contribution in [0.4, 0.5) is 5.69 Å². The van der Waals surface area contributed by atoms with E-state index in [1.165, 1.54) is 12.1 Å². The Hall–Kier alpha value is -3.76. The van der Waals surface area contributed by atoms with Crippen LogP contribution in [-0.4, -0.2) is 53.9 Å². The van der Waals surface area contributed by atoms with Gasteiger partial charge in [0.15, 0.2) is 11.5 Å². The summed E-state index contributed by atoms with van der Waals surface area (Å²) in [5.41, 5.74) is 2.10. The number of nitrogens with one attached hydrogen (secondary N) is 2. The van der Waals surface area contributed by atoms with Gasteiger partial charge in [-0.2, -0.15) is 0 Å². The Labute approximate surface area is 211 Å². The van der Waals surface area contributed by atoms with Crippen molar-refractivity contribution in [3.63, 3.8) is 0 Å². The molecule has 3 N–H and O–H groups in total. The predicted molar refractivity (Wildman–Crippen MR) is 137 cm³/mol. The molecule has 0 saturated heterocycles. The topological polar surface area (TPSA) is 123 Å². The van der Waals surface area contributed by atoms with Gasteiger partial charge in [0.1, 0.15) is 10.6 Å². The van der Waals surface area contributed by atoms with E-state index in [0.717, 1.165) is 17.2 Å². The van der Waals surface area contributed by atoms with Crippen LogP contribution in [0.2, 0.25) is 0 Å². The van der Waals surface area contributed by atoms with Gasteiger partial charge in [-0.1, -0.05) is 18.2 Å². The molecule has 0 unspecified atom stereocenters. The van der Waals surface area contributed by atoms with E-state index in [0.29, 0.717) is 42.3 Å². The Morgan fingerprint density at radius 1 is 0.806 bits per heavy atom. The van der Waals surface area contributed by atoms with E-state index >= 15 is 0 Å². The molecule has 3 aromatic rings. The minimum absolute atomic E-state index is 0.115. The van der Waals surface area contributed by atoms with Crippen molar-refractivity contribution in [3.05, 3.63) is 77.4 Å². The van der Waals surface area contributed by atoms with Crippen LogP contribution < -0.4 is 24.2 Å². The van der Waals surface area contributed by atoms with E-state index in [1.807, 2.05) is 24.3 Å². The van der Waals surface area contributed by atoms with Crippen LogP contribution in [0.1, 0.15) is 21.5 Å². The lowest BCUT2D eigenvalue weighted by Gasteiger charge is -2.15. The van der Waals surface area contributed by atoms with Crippen molar-refractivity contribution in [1.82, 2.24) is 4.72 Å². The normalized spacial score (nSPS) is 11.1. The molecule has 3 aromatic carbocycles. The van der Waals surface area contributed by atoms with Crippen molar-refractivity contribution in [2.45, 2.75) is 17.7 Å². The van der Waals surface area contributed by atoms with Crippen LogP contribution in [0.25, 0.3) is 0 Å². The molecule has 0 amide bonds. The van der Waals surface area contributed by atoms with Gasteiger partial charge in [-0.05, 0) is 66.4 Å². The number of aromatic carboxylic acids is 1. The Bertz CT molecular complexity index is 1290. The Morgan fingerprint density at radius 2 is 1.47 bits per heavy atom. The average Bonchev–Trinajstić information content (AvgIpc) is 2.88. The second kappa shape index (κ2) is 12.3. The first-order valence-electron chi connectivity index (χ1n) is 11.2. The van der Waals surface area contributed by atoms with E-state index in [-0.39, 0.29) is 17.0 Å². The Balaban J connectivity index is 1.72. The number of carboxylic acids is 1. The second-order valence-electron chi connectivity index (χ2n) is 7.88. The summed E-state index contributed by atoms with van der Waals surface area (Å²) in [6, 6.07) is 16.9. The molecule has 0 fully saturated rings. The lowest BCUT2D eigenvalue weighted by molar-refractivity contribution is 0.0696. The average molecular weight is 515 g/mol. The third-order valence-corrected chi connectivity index (χ3v) is 7.06. The molecule has 9 nitrogen and oxygen atoms in total. The smallest absolute Gasteiger partial charge is 0.335 e. The van der Waals surface area contributed by atoms with Crippen LogP contribution in [0, 0.1) is 0 Å². The van der Waals surface area contributed by atoms with Gasteiger partial charge in [0.25, 0.3) is 0 Å². The van der Waals surface area contributed by atoms with Gasteiger partial charge in [-0.15, -0.1) is 0 Å². The molecule has 0 heterocycles. The molecule has 0 atom stereocenters. The van der Waals surface area contributed by atoms with Gasteiger partial charge in [0.05, 0.1) is 32.6 Å². The lowest BCUT2D eigenvalue weighted by atomic mass is 10.1. The summed E-state index contributed by atoms with van der Waals surface area (Å²) in [5, 5.41) is 12.5. The van der Waals surface area contributed by atoms with E-state index < -0.39 is 16.0 Å². The third-order valence-electron chi connectivity index (χ3n) is 5.56. The monoisotopic (exact) mass is 514 g/mol. The first kappa shape index (κ1) is 26.8. The summed E-state index contributed by atoms with van der Waals surface area (Å²) in [7, 11) is 0.716. The van der Waals surface area contributed by atoms with Gasteiger partial charge in [0, 0.05) is 13.1 Å². The second-order valence-corrected chi connectivity index (χ2v) is 9.61. The minimum Gasteiger partial charge on any atom is -0.497 e. The highest BCUT2D eigenvalue weighted by Gasteiger charge is 2.20. The Morgan fingerprint density at radius 3 is 2.11 bits per heavy atom. The molecule has 192 valence electrons. The van der Waals surface area contributed by atoms with Gasteiger partial charge < -0.3 is 24.6 Å². The van der Waals surface area contributed by atoms with Gasteiger partial charge in [-0.25, -0.2) is 17.9 Å². The number of anilines is 1. The fraction of sp³-hybridized carbons (Fsp3) is 0.269. The largest absolute Gasteiger partial charge is 0.497 e. The molecule has 0 saturated carbocycles. The first-order valence-corrected chi connectivity index (χ1v) is 12.7. The van der Waals surface area contributed by atoms with Gasteiger partial charge in [0.2, 0.25) is 10.0 Å². The van der Waals surface area contributed by atoms with Crippen LogP contribution in [-0.2, 0) is 22.9 Å². The van der Waals surface area contributed by atoms with Gasteiger partial charge >= 0.3 is 5.97 Å². The van der Waals surface area contributed by atoms with Crippen molar-refractivity contribution in [2.24, 2.45) is 0 Å². The molecule has 3 rings (SSSR count). The SMILES string of the molecule is COc1ccc(CCNS(=O)(=O)c2cc(C(=O)O)ccc2NCCc2ccc(OC)c(OC)c2)cc1. The van der Waals surface area contributed by atoms with Crippen LogP contribution in [0.15, 0.2) is 65.6 Å². The number of sulfonamides is 1. The molecule has 0 aliphatic carbocycles. The molecule has 0 aliphatic rings. The Kier molecular flexibility index (Phi) is 9.15. The van der Waals surface area contributed by atoms with Crippen LogP contribution in [0.5, 0.6) is 17.2 Å². The summed E-state index contributed by atoms with van der Waals surface area (Å²) in [6.45, 7) is 0.563. The molecular formula is C26H30N2O7S. The van der Waals surface area contributed by atoms with Crippen LogP contribution >= 0.6 is 0 Å². The number of methoxy groups -OCH3 is 3. The van der Waals surface area contributed by atoms with E-state index in [4.69, 9.17) is 14.2 Å². The van der Waals surface area contributed by atoms with Crippen molar-refractivity contribution >= 4 is 21.7 Å². The number of benzene rings is 3. The standard InChI is InChI=1S/C26H30N2O7S/c1-33-21-8-4-18(5-9-21)13-15-28-36(31,32)25-17-20(26(29)30)7-10-22(25)27-14-12-19-6-11-23(34-2)24(16-19)35-3/h4-11,16-17,27-28H,12-15H2,1-3H3,(H,29,30). The van der Waals surface area contributed by atoms with Crippen molar-refractivity contribution in [3.8, 4) is 17.2 Å². The number of carboxylic acid groups (broad SMARTS) is 1. The number of ether oxygens (including phenoxy) is 3. The van der Waals surface area contributed by atoms with Crippen molar-refractivity contribution in [2.75, 3.05) is 39.7 Å². The third kappa shape index (κ3) is 6.89. The fourth-order valence-electron chi connectivity index (χ4n) is 3.60. The molecule has 0 aromatic heterocycles. The lowest BCUT2D eigenvalue weighted by Crippen LogP contribution is -2.27. The zero-order valence-electron chi connectivity index (χ0n) is 20.4. The summed E-state index contributed by atoms with van der Waals surface area (Å²) >= 11 is 0. The summed E-state index contributed by atoms with van der Waals surface area (Å²) in [6.07, 6.45) is 1.04. The molecule has 10 heteroatoms.